The first-order valence-corrected chi connectivity index (χ1v) is 11.5. The van der Waals surface area contributed by atoms with E-state index in [2.05, 4.69) is 5.32 Å². The van der Waals surface area contributed by atoms with Crippen LogP contribution in [-0.4, -0.2) is 59.7 Å². The van der Waals surface area contributed by atoms with Crippen molar-refractivity contribution in [1.29, 1.82) is 0 Å². The van der Waals surface area contributed by atoms with Gasteiger partial charge in [-0.25, -0.2) is 0 Å². The molecule has 1 unspecified atom stereocenters. The smallest absolute Gasteiger partial charge is 0.245 e. The van der Waals surface area contributed by atoms with Gasteiger partial charge in [0.15, 0.2) is 0 Å². The average molecular weight is 390 g/mol. The van der Waals surface area contributed by atoms with Gasteiger partial charge in [-0.15, -0.1) is 0 Å². The highest BCUT2D eigenvalue weighted by Crippen LogP contribution is 2.33. The molecular formula is C22H35N3O3. The maximum atomic E-state index is 13.3. The normalized spacial score (nSPS) is 25.6. The van der Waals surface area contributed by atoms with E-state index < -0.39 is 6.04 Å². The zero-order chi connectivity index (χ0) is 19.5. The molecule has 2 saturated heterocycles. The van der Waals surface area contributed by atoms with Crippen LogP contribution in [0.15, 0.2) is 0 Å². The third-order valence-electron chi connectivity index (χ3n) is 7.21. The topological polar surface area (TPSA) is 69.7 Å². The maximum Gasteiger partial charge on any atom is 0.245 e. The van der Waals surface area contributed by atoms with Crippen LogP contribution in [0, 0.1) is 17.8 Å². The van der Waals surface area contributed by atoms with Gasteiger partial charge in [-0.3, -0.25) is 14.4 Å². The molecule has 4 fully saturated rings. The van der Waals surface area contributed by atoms with Crippen LogP contribution in [0.5, 0.6) is 0 Å². The Bertz CT molecular complexity index is 584. The van der Waals surface area contributed by atoms with E-state index in [0.717, 1.165) is 90.4 Å². The Labute approximate surface area is 168 Å². The number of carbonyl (C=O) groups excluding carboxylic acids is 3. The number of hydrogen-bond acceptors (Lipinski definition) is 3. The van der Waals surface area contributed by atoms with Gasteiger partial charge in [0.1, 0.15) is 6.04 Å². The van der Waals surface area contributed by atoms with E-state index >= 15 is 0 Å². The van der Waals surface area contributed by atoms with Crippen molar-refractivity contribution in [2.75, 3.05) is 26.2 Å². The van der Waals surface area contributed by atoms with E-state index in [-0.39, 0.29) is 29.6 Å². The first-order valence-electron chi connectivity index (χ1n) is 11.5. The first-order chi connectivity index (χ1) is 13.6. The number of rotatable bonds is 5. The monoisotopic (exact) mass is 389 g/mol. The van der Waals surface area contributed by atoms with Gasteiger partial charge in [-0.05, 0) is 63.7 Å². The standard InChI is InChI=1S/C22H35N3O3/c26-20(17-6-2-3-7-17)23-19(22(28)24-12-4-1-5-13-24)16-10-14-25(15-11-16)21(27)18-8-9-18/h16-19H,1-15H2,(H,23,26). The second kappa shape index (κ2) is 8.83. The van der Waals surface area contributed by atoms with E-state index in [9.17, 15) is 14.4 Å². The lowest BCUT2D eigenvalue weighted by atomic mass is 9.87. The molecule has 6 nitrogen and oxygen atoms in total. The summed E-state index contributed by atoms with van der Waals surface area (Å²) in [6.45, 7) is 3.08. The molecule has 28 heavy (non-hydrogen) atoms. The fourth-order valence-corrected chi connectivity index (χ4v) is 5.19. The molecule has 2 heterocycles. The molecular weight excluding hydrogens is 354 g/mol. The number of nitrogens with one attached hydrogen (secondary N) is 1. The Morgan fingerprint density at radius 3 is 1.93 bits per heavy atom. The molecule has 0 aromatic rings. The summed E-state index contributed by atoms with van der Waals surface area (Å²) in [5.74, 6) is 0.954. The molecule has 156 valence electrons. The van der Waals surface area contributed by atoms with Gasteiger partial charge < -0.3 is 15.1 Å². The van der Waals surface area contributed by atoms with Gasteiger partial charge in [0.25, 0.3) is 0 Å². The molecule has 0 aromatic carbocycles. The molecule has 3 amide bonds. The molecule has 2 aliphatic heterocycles. The maximum absolute atomic E-state index is 13.3. The Morgan fingerprint density at radius 2 is 1.32 bits per heavy atom. The summed E-state index contributed by atoms with van der Waals surface area (Å²) in [5, 5.41) is 3.17. The summed E-state index contributed by atoms with van der Waals surface area (Å²) in [6.07, 6.45) is 11.1. The lowest BCUT2D eigenvalue weighted by molar-refractivity contribution is -0.141. The summed E-state index contributed by atoms with van der Waals surface area (Å²) in [4.78, 5) is 42.4. The molecule has 0 spiro atoms. The number of carbonyl (C=O) groups is 3. The van der Waals surface area contributed by atoms with Gasteiger partial charge in [-0.1, -0.05) is 12.8 Å². The molecule has 2 saturated carbocycles. The van der Waals surface area contributed by atoms with Crippen molar-refractivity contribution in [2.45, 2.75) is 76.7 Å². The van der Waals surface area contributed by atoms with Crippen LogP contribution in [-0.2, 0) is 14.4 Å². The van der Waals surface area contributed by atoms with Gasteiger partial charge in [0.05, 0.1) is 0 Å². The van der Waals surface area contributed by atoms with Crippen LogP contribution in [0.3, 0.4) is 0 Å². The second-order valence-electron chi connectivity index (χ2n) is 9.29. The summed E-state index contributed by atoms with van der Waals surface area (Å²) in [5.41, 5.74) is 0. The number of piperidine rings is 2. The summed E-state index contributed by atoms with van der Waals surface area (Å²) >= 11 is 0. The molecule has 6 heteroatoms. The zero-order valence-corrected chi connectivity index (χ0v) is 17.0. The predicted octanol–water partition coefficient (Wildman–Crippen LogP) is 2.32. The lowest BCUT2D eigenvalue weighted by Crippen LogP contribution is -2.56. The summed E-state index contributed by atoms with van der Waals surface area (Å²) in [6, 6.07) is -0.413. The first kappa shape index (κ1) is 19.7. The zero-order valence-electron chi connectivity index (χ0n) is 17.0. The van der Waals surface area contributed by atoms with Crippen molar-refractivity contribution in [3.8, 4) is 0 Å². The van der Waals surface area contributed by atoms with Crippen molar-refractivity contribution in [1.82, 2.24) is 15.1 Å². The van der Waals surface area contributed by atoms with E-state index in [0.29, 0.717) is 5.91 Å². The van der Waals surface area contributed by atoms with Crippen LogP contribution in [0.25, 0.3) is 0 Å². The second-order valence-corrected chi connectivity index (χ2v) is 9.29. The fraction of sp³-hybridized carbons (Fsp3) is 0.864. The minimum absolute atomic E-state index is 0.0735. The fourth-order valence-electron chi connectivity index (χ4n) is 5.19. The Balaban J connectivity index is 1.40. The highest BCUT2D eigenvalue weighted by molar-refractivity contribution is 5.89. The van der Waals surface area contributed by atoms with Crippen LogP contribution in [0.1, 0.15) is 70.6 Å². The summed E-state index contributed by atoms with van der Waals surface area (Å²) < 4.78 is 0. The van der Waals surface area contributed by atoms with Gasteiger partial charge in [0.2, 0.25) is 17.7 Å². The Kier molecular flexibility index (Phi) is 6.22. The van der Waals surface area contributed by atoms with Crippen molar-refractivity contribution < 1.29 is 14.4 Å². The largest absolute Gasteiger partial charge is 0.344 e. The third-order valence-corrected chi connectivity index (χ3v) is 7.21. The lowest BCUT2D eigenvalue weighted by Gasteiger charge is -2.39. The Hall–Kier alpha value is -1.59. The van der Waals surface area contributed by atoms with Crippen molar-refractivity contribution in [2.24, 2.45) is 17.8 Å². The molecule has 1 atom stereocenters. The number of nitrogens with zero attached hydrogens (tertiary/aromatic N) is 2. The van der Waals surface area contributed by atoms with E-state index in [1.165, 1.54) is 6.42 Å². The average Bonchev–Trinajstić information content (AvgIpc) is 3.45. The highest BCUT2D eigenvalue weighted by atomic mass is 16.2. The van der Waals surface area contributed by atoms with Gasteiger partial charge in [0, 0.05) is 38.0 Å². The predicted molar refractivity (Wildman–Crippen MR) is 106 cm³/mol. The molecule has 0 aromatic heterocycles. The molecule has 1 N–H and O–H groups in total. The van der Waals surface area contributed by atoms with E-state index in [1.54, 1.807) is 0 Å². The quantitative estimate of drug-likeness (QED) is 0.785. The Morgan fingerprint density at radius 1 is 0.679 bits per heavy atom. The van der Waals surface area contributed by atoms with Crippen molar-refractivity contribution in [3.05, 3.63) is 0 Å². The number of hydrogen-bond donors (Lipinski definition) is 1. The molecule has 2 aliphatic carbocycles. The third kappa shape index (κ3) is 4.52. The van der Waals surface area contributed by atoms with Crippen LogP contribution >= 0.6 is 0 Å². The van der Waals surface area contributed by atoms with Crippen molar-refractivity contribution >= 4 is 17.7 Å². The van der Waals surface area contributed by atoms with Crippen LogP contribution in [0.4, 0.5) is 0 Å². The molecule has 0 radical (unpaired) electrons. The number of amides is 3. The minimum Gasteiger partial charge on any atom is -0.344 e. The molecule has 4 rings (SSSR count). The summed E-state index contributed by atoms with van der Waals surface area (Å²) in [7, 11) is 0. The van der Waals surface area contributed by atoms with Gasteiger partial charge >= 0.3 is 0 Å². The molecule has 0 bridgehead atoms. The van der Waals surface area contributed by atoms with Crippen LogP contribution in [0.2, 0.25) is 0 Å². The number of likely N-dealkylation sites (tertiary alicyclic amines) is 2. The van der Waals surface area contributed by atoms with Gasteiger partial charge in [-0.2, -0.15) is 0 Å². The van der Waals surface area contributed by atoms with Crippen LogP contribution < -0.4 is 5.32 Å². The SMILES string of the molecule is O=C(NC(C(=O)N1CCCCC1)C1CCN(C(=O)C2CC2)CC1)C1CCCC1. The van der Waals surface area contributed by atoms with Crippen molar-refractivity contribution in [3.63, 3.8) is 0 Å². The minimum atomic E-state index is -0.413. The molecule has 4 aliphatic rings. The van der Waals surface area contributed by atoms with E-state index in [1.807, 2.05) is 9.80 Å². The highest BCUT2D eigenvalue weighted by Gasteiger charge is 2.40. The van der Waals surface area contributed by atoms with E-state index in [4.69, 9.17) is 0 Å².